The molecule has 0 spiro atoms. The van der Waals surface area contributed by atoms with Crippen molar-refractivity contribution in [1.29, 1.82) is 0 Å². The summed E-state index contributed by atoms with van der Waals surface area (Å²) in [6.45, 7) is 1.91. The van der Waals surface area contributed by atoms with Gasteiger partial charge in [-0.15, -0.1) is 0 Å². The average Bonchev–Trinajstić information content (AvgIpc) is 3.15. The van der Waals surface area contributed by atoms with E-state index in [0.29, 0.717) is 0 Å². The molecule has 1 aromatic heterocycles. The van der Waals surface area contributed by atoms with Crippen LogP contribution in [0.4, 0.5) is 4.39 Å². The van der Waals surface area contributed by atoms with Crippen molar-refractivity contribution in [2.75, 3.05) is 7.05 Å². The highest BCUT2D eigenvalue weighted by Gasteiger charge is 2.15. The van der Waals surface area contributed by atoms with E-state index in [1.165, 1.54) is 18.2 Å². The quantitative estimate of drug-likeness (QED) is 0.646. The molecule has 0 saturated heterocycles. The maximum atomic E-state index is 13.0. The van der Waals surface area contributed by atoms with Crippen LogP contribution in [0.3, 0.4) is 0 Å². The van der Waals surface area contributed by atoms with E-state index < -0.39 is 0 Å². The van der Waals surface area contributed by atoms with Crippen molar-refractivity contribution in [3.63, 3.8) is 0 Å². The molecule has 3 aromatic rings. The van der Waals surface area contributed by atoms with Gasteiger partial charge in [0.15, 0.2) is 0 Å². The largest absolute Gasteiger partial charge is 0.335 e. The van der Waals surface area contributed by atoms with Gasteiger partial charge in [0.25, 0.3) is 0 Å². The molecule has 0 bridgehead atoms. The van der Waals surface area contributed by atoms with E-state index in [0.717, 1.165) is 16.8 Å². The van der Waals surface area contributed by atoms with Crippen molar-refractivity contribution in [1.82, 2.24) is 14.7 Å². The van der Waals surface area contributed by atoms with Gasteiger partial charge >= 0.3 is 0 Å². The summed E-state index contributed by atoms with van der Waals surface area (Å²) >= 11 is 0. The zero-order valence-corrected chi connectivity index (χ0v) is 14.7. The first-order valence-corrected chi connectivity index (χ1v) is 8.35. The molecule has 1 amide bonds. The normalized spacial score (nSPS) is 12.3. The Labute approximate surface area is 152 Å². The number of benzene rings is 2. The Balaban J connectivity index is 1.67. The summed E-state index contributed by atoms with van der Waals surface area (Å²) in [5.74, 6) is -0.417. The Morgan fingerprint density at radius 2 is 1.85 bits per heavy atom. The smallest absolute Gasteiger partial charge is 0.246 e. The SMILES string of the molecule is CC(c1ccc(F)cc1)N(C)C(=O)/C=C/c1cnn(-c2ccccc2)c1. The minimum absolute atomic E-state index is 0.130. The van der Waals surface area contributed by atoms with Crippen LogP contribution in [0.15, 0.2) is 73.1 Å². The number of aromatic nitrogens is 2. The van der Waals surface area contributed by atoms with Gasteiger partial charge in [0.05, 0.1) is 17.9 Å². The fourth-order valence-electron chi connectivity index (χ4n) is 2.59. The lowest BCUT2D eigenvalue weighted by atomic mass is 10.1. The van der Waals surface area contributed by atoms with Crippen molar-refractivity contribution in [2.24, 2.45) is 0 Å². The van der Waals surface area contributed by atoms with Crippen molar-refractivity contribution < 1.29 is 9.18 Å². The van der Waals surface area contributed by atoms with Crippen molar-refractivity contribution in [3.05, 3.63) is 90.0 Å². The molecule has 0 aliphatic rings. The van der Waals surface area contributed by atoms with E-state index in [9.17, 15) is 9.18 Å². The summed E-state index contributed by atoms with van der Waals surface area (Å²) in [5, 5.41) is 4.31. The van der Waals surface area contributed by atoms with Gasteiger partial charge in [-0.1, -0.05) is 30.3 Å². The number of nitrogens with zero attached hydrogens (tertiary/aromatic N) is 3. The number of rotatable bonds is 5. The minimum Gasteiger partial charge on any atom is -0.335 e. The van der Waals surface area contributed by atoms with E-state index in [-0.39, 0.29) is 17.8 Å². The van der Waals surface area contributed by atoms with Crippen LogP contribution < -0.4 is 0 Å². The van der Waals surface area contributed by atoms with Crippen molar-refractivity contribution >= 4 is 12.0 Å². The van der Waals surface area contributed by atoms with Gasteiger partial charge in [0.2, 0.25) is 5.91 Å². The lowest BCUT2D eigenvalue weighted by molar-refractivity contribution is -0.126. The molecule has 0 fully saturated rings. The number of likely N-dealkylation sites (N-methyl/N-ethyl adjacent to an activating group) is 1. The monoisotopic (exact) mass is 349 g/mol. The average molecular weight is 349 g/mol. The number of halogens is 1. The summed E-state index contributed by atoms with van der Waals surface area (Å²) < 4.78 is 14.8. The highest BCUT2D eigenvalue weighted by molar-refractivity contribution is 5.91. The summed E-state index contributed by atoms with van der Waals surface area (Å²) in [5.41, 5.74) is 2.68. The van der Waals surface area contributed by atoms with Gasteiger partial charge in [-0.3, -0.25) is 4.79 Å². The molecule has 1 unspecified atom stereocenters. The van der Waals surface area contributed by atoms with Crippen LogP contribution in [-0.4, -0.2) is 27.6 Å². The predicted molar refractivity (Wildman–Crippen MR) is 100 cm³/mol. The topological polar surface area (TPSA) is 38.1 Å². The van der Waals surface area contributed by atoms with E-state index in [4.69, 9.17) is 0 Å². The lowest BCUT2D eigenvalue weighted by Gasteiger charge is -2.24. The Morgan fingerprint density at radius 1 is 1.15 bits per heavy atom. The first kappa shape index (κ1) is 17.6. The maximum Gasteiger partial charge on any atom is 0.246 e. The second kappa shape index (κ2) is 7.78. The van der Waals surface area contributed by atoms with Crippen molar-refractivity contribution in [2.45, 2.75) is 13.0 Å². The van der Waals surface area contributed by atoms with E-state index in [1.54, 1.807) is 41.0 Å². The van der Waals surface area contributed by atoms with Crippen LogP contribution in [0.1, 0.15) is 24.1 Å². The Hall–Kier alpha value is -3.21. The molecule has 2 aromatic carbocycles. The molecule has 1 heterocycles. The Bertz CT molecular complexity index is 901. The molecular formula is C21H20FN3O. The third kappa shape index (κ3) is 4.06. The van der Waals surface area contributed by atoms with Crippen LogP contribution in [0, 0.1) is 5.82 Å². The number of hydrogen-bond acceptors (Lipinski definition) is 2. The molecule has 0 saturated carbocycles. The summed E-state index contributed by atoms with van der Waals surface area (Å²) in [6, 6.07) is 15.8. The van der Waals surface area contributed by atoms with Gasteiger partial charge in [-0.05, 0) is 42.8 Å². The molecule has 5 heteroatoms. The van der Waals surface area contributed by atoms with Gasteiger partial charge in [-0.2, -0.15) is 5.10 Å². The molecule has 26 heavy (non-hydrogen) atoms. The molecular weight excluding hydrogens is 329 g/mol. The maximum absolute atomic E-state index is 13.0. The van der Waals surface area contributed by atoms with E-state index in [1.807, 2.05) is 43.5 Å². The zero-order chi connectivity index (χ0) is 18.5. The molecule has 4 nitrogen and oxygen atoms in total. The molecule has 0 aliphatic carbocycles. The van der Waals surface area contributed by atoms with E-state index in [2.05, 4.69) is 5.10 Å². The molecule has 0 radical (unpaired) electrons. The predicted octanol–water partition coefficient (Wildman–Crippen LogP) is 4.24. The third-order valence-corrected chi connectivity index (χ3v) is 4.32. The van der Waals surface area contributed by atoms with Crippen LogP contribution in [-0.2, 0) is 4.79 Å². The molecule has 132 valence electrons. The lowest BCUT2D eigenvalue weighted by Crippen LogP contribution is -2.27. The first-order chi connectivity index (χ1) is 12.5. The van der Waals surface area contributed by atoms with Crippen LogP contribution in [0.2, 0.25) is 0 Å². The molecule has 3 rings (SSSR count). The van der Waals surface area contributed by atoms with Gasteiger partial charge in [-0.25, -0.2) is 9.07 Å². The zero-order valence-electron chi connectivity index (χ0n) is 14.7. The van der Waals surface area contributed by atoms with Crippen LogP contribution >= 0.6 is 0 Å². The van der Waals surface area contributed by atoms with Crippen LogP contribution in [0.25, 0.3) is 11.8 Å². The number of carbonyl (C=O) groups is 1. The summed E-state index contributed by atoms with van der Waals surface area (Å²) in [7, 11) is 1.73. The second-order valence-corrected chi connectivity index (χ2v) is 6.06. The number of amides is 1. The van der Waals surface area contributed by atoms with Crippen molar-refractivity contribution in [3.8, 4) is 5.69 Å². The minimum atomic E-state index is -0.287. The fourth-order valence-corrected chi connectivity index (χ4v) is 2.59. The highest BCUT2D eigenvalue weighted by atomic mass is 19.1. The molecule has 0 aliphatic heterocycles. The van der Waals surface area contributed by atoms with Gasteiger partial charge in [0.1, 0.15) is 5.82 Å². The standard InChI is InChI=1S/C21H20FN3O/c1-16(18-9-11-19(22)12-10-18)24(2)21(26)13-8-17-14-23-25(15-17)20-6-4-3-5-7-20/h3-16H,1-2H3/b13-8+. The number of para-hydroxylation sites is 1. The Kier molecular flexibility index (Phi) is 5.27. The first-order valence-electron chi connectivity index (χ1n) is 8.35. The second-order valence-electron chi connectivity index (χ2n) is 6.06. The van der Waals surface area contributed by atoms with Gasteiger partial charge in [0, 0.05) is 24.9 Å². The number of hydrogen-bond donors (Lipinski definition) is 0. The van der Waals surface area contributed by atoms with Crippen LogP contribution in [0.5, 0.6) is 0 Å². The van der Waals surface area contributed by atoms with Gasteiger partial charge < -0.3 is 4.90 Å². The highest BCUT2D eigenvalue weighted by Crippen LogP contribution is 2.19. The van der Waals surface area contributed by atoms with E-state index >= 15 is 0 Å². The summed E-state index contributed by atoms with van der Waals surface area (Å²) in [4.78, 5) is 14.0. The molecule has 0 N–H and O–H groups in total. The molecule has 1 atom stereocenters. The number of carbonyl (C=O) groups excluding carboxylic acids is 1. The third-order valence-electron chi connectivity index (χ3n) is 4.32. The Morgan fingerprint density at radius 3 is 2.54 bits per heavy atom. The fraction of sp³-hybridized carbons (Fsp3) is 0.143. The summed E-state index contributed by atoms with van der Waals surface area (Å²) in [6.07, 6.45) is 6.83.